The molecule has 0 atom stereocenters. The predicted octanol–water partition coefficient (Wildman–Crippen LogP) is 2.77. The van der Waals surface area contributed by atoms with E-state index in [0.717, 1.165) is 16.9 Å². The van der Waals surface area contributed by atoms with Crippen LogP contribution in [0.25, 0.3) is 0 Å². The molecular formula is C15H20N4O. The van der Waals surface area contributed by atoms with E-state index in [4.69, 9.17) is 10.5 Å². The molecule has 106 valence electrons. The van der Waals surface area contributed by atoms with Gasteiger partial charge < -0.3 is 15.8 Å². The molecule has 0 fully saturated rings. The van der Waals surface area contributed by atoms with Crippen molar-refractivity contribution in [2.75, 3.05) is 11.1 Å². The molecule has 3 N–H and O–H groups in total. The summed E-state index contributed by atoms with van der Waals surface area (Å²) in [5.74, 6) is 1.47. The molecule has 0 aliphatic carbocycles. The molecule has 2 heterocycles. The number of nitrogens with zero attached hydrogens (tertiary/aromatic N) is 2. The van der Waals surface area contributed by atoms with Gasteiger partial charge in [0.1, 0.15) is 5.82 Å². The average Bonchev–Trinajstić information content (AvgIpc) is 2.39. The molecule has 0 spiro atoms. The first-order valence-electron chi connectivity index (χ1n) is 6.63. The fourth-order valence-corrected chi connectivity index (χ4v) is 1.85. The highest BCUT2D eigenvalue weighted by atomic mass is 16.5. The summed E-state index contributed by atoms with van der Waals surface area (Å²) in [6.45, 7) is 6.54. The Kier molecular flexibility index (Phi) is 4.40. The third kappa shape index (κ3) is 3.60. The van der Waals surface area contributed by atoms with Gasteiger partial charge in [0.05, 0.1) is 18.0 Å². The third-order valence-electron chi connectivity index (χ3n) is 2.74. The lowest BCUT2D eigenvalue weighted by molar-refractivity contribution is 0.230. The number of hydrogen-bond donors (Lipinski definition) is 2. The second-order valence-corrected chi connectivity index (χ2v) is 4.92. The molecule has 5 nitrogen and oxygen atoms in total. The van der Waals surface area contributed by atoms with Crippen LogP contribution in [0.1, 0.15) is 25.0 Å². The summed E-state index contributed by atoms with van der Waals surface area (Å²) >= 11 is 0. The quantitative estimate of drug-likeness (QED) is 0.875. The van der Waals surface area contributed by atoms with Gasteiger partial charge in [0.25, 0.3) is 0 Å². The van der Waals surface area contributed by atoms with Crippen molar-refractivity contribution < 1.29 is 4.74 Å². The first kappa shape index (κ1) is 14.1. The fourth-order valence-electron chi connectivity index (χ4n) is 1.85. The minimum absolute atomic E-state index is 0.0973. The molecule has 2 aromatic heterocycles. The number of ether oxygens (including phenoxy) is 1. The zero-order chi connectivity index (χ0) is 14.5. The Hall–Kier alpha value is -2.30. The van der Waals surface area contributed by atoms with Crippen LogP contribution in [0, 0.1) is 6.92 Å². The number of rotatable bonds is 5. The number of aryl methyl sites for hydroxylation is 1. The van der Waals surface area contributed by atoms with E-state index in [9.17, 15) is 0 Å². The highest BCUT2D eigenvalue weighted by Crippen LogP contribution is 2.19. The molecule has 0 aromatic carbocycles. The van der Waals surface area contributed by atoms with Gasteiger partial charge in [-0.2, -0.15) is 0 Å². The maximum Gasteiger partial charge on any atom is 0.218 e. The Bertz CT molecular complexity index is 584. The Balaban J connectivity index is 2.10. The second-order valence-electron chi connectivity index (χ2n) is 4.92. The Morgan fingerprint density at radius 2 is 2.15 bits per heavy atom. The number of anilines is 2. The van der Waals surface area contributed by atoms with Gasteiger partial charge in [-0.05, 0) is 38.5 Å². The Morgan fingerprint density at radius 1 is 1.35 bits per heavy atom. The van der Waals surface area contributed by atoms with Gasteiger partial charge in [-0.1, -0.05) is 6.07 Å². The van der Waals surface area contributed by atoms with Crippen LogP contribution in [0.2, 0.25) is 0 Å². The van der Waals surface area contributed by atoms with Gasteiger partial charge in [-0.3, -0.25) is 0 Å². The molecular weight excluding hydrogens is 252 g/mol. The molecule has 0 bridgehead atoms. The van der Waals surface area contributed by atoms with E-state index >= 15 is 0 Å². The number of nitrogens with two attached hydrogens (primary N) is 1. The van der Waals surface area contributed by atoms with Crippen LogP contribution in [0.15, 0.2) is 30.6 Å². The monoisotopic (exact) mass is 272 g/mol. The molecule has 2 rings (SSSR count). The molecule has 0 aliphatic heterocycles. The molecule has 5 heteroatoms. The summed E-state index contributed by atoms with van der Waals surface area (Å²) in [5, 5.41) is 3.28. The summed E-state index contributed by atoms with van der Waals surface area (Å²) in [5.41, 5.74) is 8.37. The number of pyridine rings is 2. The molecule has 0 amide bonds. The van der Waals surface area contributed by atoms with Crippen molar-refractivity contribution in [3.63, 3.8) is 0 Å². The van der Waals surface area contributed by atoms with Gasteiger partial charge in [0, 0.05) is 18.3 Å². The topological polar surface area (TPSA) is 73.1 Å². The summed E-state index contributed by atoms with van der Waals surface area (Å²) < 4.78 is 5.69. The Morgan fingerprint density at radius 3 is 2.85 bits per heavy atom. The molecule has 2 aromatic rings. The van der Waals surface area contributed by atoms with E-state index in [1.165, 1.54) is 0 Å². The summed E-state index contributed by atoms with van der Waals surface area (Å²) in [6, 6.07) is 5.78. The summed E-state index contributed by atoms with van der Waals surface area (Å²) in [4.78, 5) is 8.55. The normalized spacial score (nSPS) is 10.6. The summed E-state index contributed by atoms with van der Waals surface area (Å²) in [7, 11) is 0. The average molecular weight is 272 g/mol. The van der Waals surface area contributed by atoms with Crippen LogP contribution >= 0.6 is 0 Å². The van der Waals surface area contributed by atoms with Crippen LogP contribution < -0.4 is 15.8 Å². The van der Waals surface area contributed by atoms with E-state index in [1.807, 2.05) is 39.0 Å². The molecule has 0 radical (unpaired) electrons. The highest BCUT2D eigenvalue weighted by Gasteiger charge is 2.07. The number of hydrogen-bond acceptors (Lipinski definition) is 5. The van der Waals surface area contributed by atoms with Crippen LogP contribution in [-0.2, 0) is 6.54 Å². The number of nitrogens with one attached hydrogen (secondary N) is 1. The first-order chi connectivity index (χ1) is 9.56. The first-order valence-corrected chi connectivity index (χ1v) is 6.63. The van der Waals surface area contributed by atoms with Crippen molar-refractivity contribution in [2.45, 2.75) is 33.4 Å². The van der Waals surface area contributed by atoms with Gasteiger partial charge in [-0.15, -0.1) is 0 Å². The van der Waals surface area contributed by atoms with Gasteiger partial charge in [0.15, 0.2) is 0 Å². The minimum Gasteiger partial charge on any atom is -0.475 e. The molecule has 0 aliphatic rings. The van der Waals surface area contributed by atoms with Crippen LogP contribution in [0.4, 0.5) is 11.5 Å². The van der Waals surface area contributed by atoms with Crippen molar-refractivity contribution in [2.24, 2.45) is 0 Å². The van der Waals surface area contributed by atoms with Crippen molar-refractivity contribution in [1.82, 2.24) is 9.97 Å². The number of aromatic nitrogens is 2. The second kappa shape index (κ2) is 6.23. The predicted molar refractivity (Wildman–Crippen MR) is 80.7 cm³/mol. The molecule has 0 saturated heterocycles. The molecule has 20 heavy (non-hydrogen) atoms. The van der Waals surface area contributed by atoms with Crippen molar-refractivity contribution in [3.05, 3.63) is 41.7 Å². The third-order valence-corrected chi connectivity index (χ3v) is 2.74. The lowest BCUT2D eigenvalue weighted by atomic mass is 10.2. The van der Waals surface area contributed by atoms with Gasteiger partial charge >= 0.3 is 0 Å². The van der Waals surface area contributed by atoms with E-state index < -0.39 is 0 Å². The molecule has 0 saturated carbocycles. The van der Waals surface area contributed by atoms with Gasteiger partial charge in [0.2, 0.25) is 5.88 Å². The van der Waals surface area contributed by atoms with E-state index in [2.05, 4.69) is 15.3 Å². The van der Waals surface area contributed by atoms with Crippen LogP contribution in [0.3, 0.4) is 0 Å². The minimum atomic E-state index is 0.0973. The highest BCUT2D eigenvalue weighted by molar-refractivity contribution is 5.51. The lowest BCUT2D eigenvalue weighted by Crippen LogP contribution is -2.11. The van der Waals surface area contributed by atoms with Gasteiger partial charge in [-0.25, -0.2) is 9.97 Å². The van der Waals surface area contributed by atoms with Crippen molar-refractivity contribution in [1.29, 1.82) is 0 Å². The van der Waals surface area contributed by atoms with E-state index in [1.54, 1.807) is 12.4 Å². The van der Waals surface area contributed by atoms with E-state index in [-0.39, 0.29) is 6.10 Å². The zero-order valence-electron chi connectivity index (χ0n) is 12.1. The fraction of sp³-hybridized carbons (Fsp3) is 0.333. The number of nitrogen functional groups attached to an aromatic ring is 1. The largest absolute Gasteiger partial charge is 0.475 e. The maximum absolute atomic E-state index is 5.69. The van der Waals surface area contributed by atoms with E-state index in [0.29, 0.717) is 18.1 Å². The zero-order valence-corrected chi connectivity index (χ0v) is 12.1. The van der Waals surface area contributed by atoms with Crippen LogP contribution in [0.5, 0.6) is 5.88 Å². The van der Waals surface area contributed by atoms with Crippen LogP contribution in [-0.4, -0.2) is 16.1 Å². The van der Waals surface area contributed by atoms with Crippen molar-refractivity contribution in [3.8, 4) is 5.88 Å². The lowest BCUT2D eigenvalue weighted by Gasteiger charge is -2.14. The SMILES string of the molecule is Cc1cc(N)cnc1NCc1cccnc1OC(C)C. The smallest absolute Gasteiger partial charge is 0.218 e. The maximum atomic E-state index is 5.69. The Labute approximate surface area is 119 Å². The standard InChI is InChI=1S/C15H20N4O/c1-10(2)20-15-12(5-4-6-17-15)8-18-14-11(3)7-13(16)9-19-14/h4-7,9-10H,8,16H2,1-3H3,(H,18,19). The summed E-state index contributed by atoms with van der Waals surface area (Å²) in [6.07, 6.45) is 3.47. The van der Waals surface area contributed by atoms with Crippen molar-refractivity contribution >= 4 is 11.5 Å². The molecule has 0 unspecified atom stereocenters.